The minimum absolute atomic E-state index is 0.0943. The Morgan fingerprint density at radius 3 is 2.43 bits per heavy atom. The molecule has 2 aromatic carbocycles. The van der Waals surface area contributed by atoms with Crippen LogP contribution in [0.2, 0.25) is 0 Å². The van der Waals surface area contributed by atoms with Gasteiger partial charge in [-0.2, -0.15) is 0 Å². The van der Waals surface area contributed by atoms with E-state index in [0.29, 0.717) is 22.6 Å². The van der Waals surface area contributed by atoms with E-state index in [1.54, 1.807) is 38.5 Å². The van der Waals surface area contributed by atoms with Gasteiger partial charge in [0.15, 0.2) is 12.6 Å². The Kier molecular flexibility index (Phi) is 4.95. The van der Waals surface area contributed by atoms with Crippen molar-refractivity contribution in [1.82, 2.24) is 0 Å². The normalized spacial score (nSPS) is 10.2. The minimum Gasteiger partial charge on any atom is -0.496 e. The van der Waals surface area contributed by atoms with Crippen molar-refractivity contribution in [2.75, 3.05) is 21.0 Å². The maximum absolute atomic E-state index is 12.8. The molecule has 0 spiro atoms. The van der Waals surface area contributed by atoms with Crippen LogP contribution in [0.5, 0.6) is 11.5 Å². The molecule has 0 bridgehead atoms. The molecule has 0 aliphatic carbocycles. The number of carbonyl (C=O) groups excluding carboxylic acids is 1. The van der Waals surface area contributed by atoms with Gasteiger partial charge in [-0.25, -0.2) is 0 Å². The predicted octanol–water partition coefficient (Wildman–Crippen LogP) is 3.22. The zero-order valence-corrected chi connectivity index (χ0v) is 12.4. The van der Waals surface area contributed by atoms with E-state index < -0.39 is 0 Å². The molecule has 4 nitrogen and oxygen atoms in total. The molecule has 0 aliphatic rings. The highest BCUT2D eigenvalue weighted by atomic mass is 16.7. The molecule has 0 amide bonds. The van der Waals surface area contributed by atoms with Crippen LogP contribution in [0.25, 0.3) is 0 Å². The second kappa shape index (κ2) is 6.90. The average Bonchev–Trinajstić information content (AvgIpc) is 2.52. The van der Waals surface area contributed by atoms with Gasteiger partial charge in [0.25, 0.3) is 0 Å². The molecule has 0 aromatic heterocycles. The Morgan fingerprint density at radius 1 is 1.00 bits per heavy atom. The standard InChI is InChI=1S/C17H18O4/c1-12-7-6-9-14(17(12)21-11-19-2)16(18)13-8-4-5-10-15(13)20-3/h4-10H,11H2,1-3H3. The summed E-state index contributed by atoms with van der Waals surface area (Å²) in [5.41, 5.74) is 1.89. The lowest BCUT2D eigenvalue weighted by Crippen LogP contribution is -2.09. The molecule has 2 rings (SSSR count). The van der Waals surface area contributed by atoms with Crippen LogP contribution in [0.1, 0.15) is 21.5 Å². The summed E-state index contributed by atoms with van der Waals surface area (Å²) in [5, 5.41) is 0. The molecule has 0 saturated heterocycles. The molecular weight excluding hydrogens is 268 g/mol. The molecule has 0 unspecified atom stereocenters. The van der Waals surface area contributed by atoms with Gasteiger partial charge in [-0.1, -0.05) is 24.3 Å². The van der Waals surface area contributed by atoms with Gasteiger partial charge in [0.05, 0.1) is 18.2 Å². The Morgan fingerprint density at radius 2 is 1.71 bits per heavy atom. The van der Waals surface area contributed by atoms with E-state index in [9.17, 15) is 4.79 Å². The highest BCUT2D eigenvalue weighted by molar-refractivity contribution is 6.12. The Bertz CT molecular complexity index is 634. The molecule has 0 radical (unpaired) electrons. The first-order valence-electron chi connectivity index (χ1n) is 6.58. The van der Waals surface area contributed by atoms with Crippen LogP contribution in [0.4, 0.5) is 0 Å². The molecule has 110 valence electrons. The predicted molar refractivity (Wildman–Crippen MR) is 80.1 cm³/mol. The van der Waals surface area contributed by atoms with Crippen molar-refractivity contribution in [2.24, 2.45) is 0 Å². The lowest BCUT2D eigenvalue weighted by Gasteiger charge is -2.14. The van der Waals surface area contributed by atoms with Crippen molar-refractivity contribution >= 4 is 5.78 Å². The number of hydrogen-bond acceptors (Lipinski definition) is 4. The van der Waals surface area contributed by atoms with Crippen LogP contribution >= 0.6 is 0 Å². The zero-order chi connectivity index (χ0) is 15.2. The van der Waals surface area contributed by atoms with E-state index in [-0.39, 0.29) is 12.6 Å². The Hall–Kier alpha value is -2.33. The summed E-state index contributed by atoms with van der Waals surface area (Å²) in [6.45, 7) is 1.99. The van der Waals surface area contributed by atoms with Crippen LogP contribution in [0, 0.1) is 6.92 Å². The summed E-state index contributed by atoms with van der Waals surface area (Å²) in [4.78, 5) is 12.8. The van der Waals surface area contributed by atoms with E-state index in [0.717, 1.165) is 5.56 Å². The number of ether oxygens (including phenoxy) is 3. The first-order chi connectivity index (χ1) is 10.2. The number of para-hydroxylation sites is 2. The van der Waals surface area contributed by atoms with Crippen molar-refractivity contribution in [1.29, 1.82) is 0 Å². The third-order valence-electron chi connectivity index (χ3n) is 3.13. The fraction of sp³-hybridized carbons (Fsp3) is 0.235. The SMILES string of the molecule is COCOc1c(C)cccc1C(=O)c1ccccc1OC. The van der Waals surface area contributed by atoms with E-state index >= 15 is 0 Å². The third kappa shape index (κ3) is 3.23. The number of methoxy groups -OCH3 is 2. The third-order valence-corrected chi connectivity index (χ3v) is 3.13. The van der Waals surface area contributed by atoms with Gasteiger partial charge in [0, 0.05) is 7.11 Å². The number of ketones is 1. The van der Waals surface area contributed by atoms with E-state index in [1.165, 1.54) is 0 Å². The monoisotopic (exact) mass is 286 g/mol. The molecule has 2 aromatic rings. The van der Waals surface area contributed by atoms with Crippen molar-refractivity contribution in [3.8, 4) is 11.5 Å². The first-order valence-corrected chi connectivity index (χ1v) is 6.58. The summed E-state index contributed by atoms with van der Waals surface area (Å²) >= 11 is 0. The van der Waals surface area contributed by atoms with Gasteiger partial charge >= 0.3 is 0 Å². The maximum atomic E-state index is 12.8. The van der Waals surface area contributed by atoms with Gasteiger partial charge in [-0.3, -0.25) is 4.79 Å². The fourth-order valence-corrected chi connectivity index (χ4v) is 2.12. The summed E-state index contributed by atoms with van der Waals surface area (Å²) < 4.78 is 15.7. The summed E-state index contributed by atoms with van der Waals surface area (Å²) in [6, 6.07) is 12.6. The van der Waals surface area contributed by atoms with Gasteiger partial charge in [-0.05, 0) is 30.7 Å². The van der Waals surface area contributed by atoms with E-state index in [1.807, 2.05) is 25.1 Å². The van der Waals surface area contributed by atoms with Crippen LogP contribution in [-0.4, -0.2) is 26.8 Å². The smallest absolute Gasteiger partial charge is 0.200 e. The van der Waals surface area contributed by atoms with Gasteiger partial charge < -0.3 is 14.2 Å². The molecule has 0 aliphatic heterocycles. The molecule has 0 saturated carbocycles. The molecule has 0 atom stereocenters. The number of benzene rings is 2. The lowest BCUT2D eigenvalue weighted by atomic mass is 9.99. The Labute approximate surface area is 124 Å². The van der Waals surface area contributed by atoms with E-state index in [2.05, 4.69) is 0 Å². The number of carbonyl (C=O) groups is 1. The topological polar surface area (TPSA) is 44.8 Å². The summed E-state index contributed by atoms with van der Waals surface area (Å²) in [5.74, 6) is 0.944. The number of rotatable bonds is 6. The zero-order valence-electron chi connectivity index (χ0n) is 12.4. The fourth-order valence-electron chi connectivity index (χ4n) is 2.12. The second-order valence-electron chi connectivity index (χ2n) is 4.53. The molecule has 0 heterocycles. The molecule has 4 heteroatoms. The van der Waals surface area contributed by atoms with Crippen LogP contribution < -0.4 is 9.47 Å². The largest absolute Gasteiger partial charge is 0.496 e. The van der Waals surface area contributed by atoms with Crippen molar-refractivity contribution in [2.45, 2.75) is 6.92 Å². The Balaban J connectivity index is 2.46. The highest BCUT2D eigenvalue weighted by Gasteiger charge is 2.19. The minimum atomic E-state index is -0.137. The molecule has 0 fully saturated rings. The van der Waals surface area contributed by atoms with Gasteiger partial charge in [0.2, 0.25) is 0 Å². The second-order valence-corrected chi connectivity index (χ2v) is 4.53. The van der Waals surface area contributed by atoms with Crippen LogP contribution in [-0.2, 0) is 4.74 Å². The van der Waals surface area contributed by atoms with Crippen molar-refractivity contribution in [3.05, 3.63) is 59.2 Å². The quantitative estimate of drug-likeness (QED) is 0.604. The first kappa shape index (κ1) is 15.1. The number of aryl methyl sites for hydroxylation is 1. The lowest BCUT2D eigenvalue weighted by molar-refractivity contribution is 0.0498. The van der Waals surface area contributed by atoms with Crippen molar-refractivity contribution < 1.29 is 19.0 Å². The van der Waals surface area contributed by atoms with Crippen molar-refractivity contribution in [3.63, 3.8) is 0 Å². The molecule has 0 N–H and O–H groups in total. The van der Waals surface area contributed by atoms with Gasteiger partial charge in [-0.15, -0.1) is 0 Å². The van der Waals surface area contributed by atoms with E-state index in [4.69, 9.17) is 14.2 Å². The molecular formula is C17H18O4. The van der Waals surface area contributed by atoms with Gasteiger partial charge in [0.1, 0.15) is 11.5 Å². The van der Waals surface area contributed by atoms with Crippen LogP contribution in [0.15, 0.2) is 42.5 Å². The maximum Gasteiger partial charge on any atom is 0.200 e. The molecule has 21 heavy (non-hydrogen) atoms. The highest BCUT2D eigenvalue weighted by Crippen LogP contribution is 2.29. The number of hydrogen-bond donors (Lipinski definition) is 0. The summed E-state index contributed by atoms with van der Waals surface area (Å²) in [6.07, 6.45) is 0. The average molecular weight is 286 g/mol. The van der Waals surface area contributed by atoms with Crippen LogP contribution in [0.3, 0.4) is 0 Å². The summed E-state index contributed by atoms with van der Waals surface area (Å²) in [7, 11) is 3.09.